The van der Waals surface area contributed by atoms with Crippen molar-refractivity contribution < 1.29 is 19.7 Å². The SMILES string of the molecule is Cc1ccccc1C(C(=O)Oc1cc(O)[nH]c1O)C(C)C. The molecular weight excluding hydrogens is 270 g/mol. The van der Waals surface area contributed by atoms with E-state index in [1.165, 1.54) is 6.07 Å². The van der Waals surface area contributed by atoms with Crippen LogP contribution in [-0.2, 0) is 4.79 Å². The van der Waals surface area contributed by atoms with Crippen LogP contribution in [0.15, 0.2) is 30.3 Å². The van der Waals surface area contributed by atoms with E-state index >= 15 is 0 Å². The van der Waals surface area contributed by atoms with Gasteiger partial charge in [0, 0.05) is 6.07 Å². The first kappa shape index (κ1) is 15.0. The largest absolute Gasteiger partial charge is 0.494 e. The average Bonchev–Trinajstić information content (AvgIpc) is 2.70. The standard InChI is InChI=1S/C16H19NO4/c1-9(2)14(11-7-5-4-6-10(11)3)16(20)21-12-8-13(18)17-15(12)19/h4-9,14,17-19H,1-3H3. The van der Waals surface area contributed by atoms with E-state index in [-0.39, 0.29) is 23.4 Å². The summed E-state index contributed by atoms with van der Waals surface area (Å²) in [5.41, 5.74) is 1.91. The van der Waals surface area contributed by atoms with Gasteiger partial charge in [0.2, 0.25) is 5.88 Å². The molecule has 0 saturated heterocycles. The van der Waals surface area contributed by atoms with Gasteiger partial charge in [-0.2, -0.15) is 0 Å². The Morgan fingerprint density at radius 1 is 1.24 bits per heavy atom. The fraction of sp³-hybridized carbons (Fsp3) is 0.312. The number of ether oxygens (including phenoxy) is 1. The molecule has 5 heteroatoms. The molecule has 3 N–H and O–H groups in total. The van der Waals surface area contributed by atoms with Crippen LogP contribution in [0.5, 0.6) is 17.5 Å². The lowest BCUT2D eigenvalue weighted by Crippen LogP contribution is -2.24. The number of nitrogens with one attached hydrogen (secondary N) is 1. The maximum absolute atomic E-state index is 12.4. The van der Waals surface area contributed by atoms with Crippen molar-refractivity contribution in [2.45, 2.75) is 26.7 Å². The quantitative estimate of drug-likeness (QED) is 0.755. The van der Waals surface area contributed by atoms with Crippen molar-refractivity contribution >= 4 is 5.97 Å². The minimum atomic E-state index is -0.464. The molecule has 1 atom stereocenters. The number of aromatic amines is 1. The van der Waals surface area contributed by atoms with Crippen molar-refractivity contribution in [3.8, 4) is 17.5 Å². The Labute approximate surface area is 123 Å². The van der Waals surface area contributed by atoms with E-state index in [1.807, 2.05) is 45.0 Å². The van der Waals surface area contributed by atoms with E-state index in [0.29, 0.717) is 0 Å². The molecule has 2 aromatic rings. The predicted octanol–water partition coefficient (Wildman–Crippen LogP) is 3.08. The van der Waals surface area contributed by atoms with Crippen LogP contribution in [0, 0.1) is 12.8 Å². The van der Waals surface area contributed by atoms with Crippen molar-refractivity contribution in [3.63, 3.8) is 0 Å². The topological polar surface area (TPSA) is 82.5 Å². The van der Waals surface area contributed by atoms with Gasteiger partial charge >= 0.3 is 5.97 Å². The van der Waals surface area contributed by atoms with Crippen LogP contribution in [-0.4, -0.2) is 21.2 Å². The molecule has 0 amide bonds. The van der Waals surface area contributed by atoms with Gasteiger partial charge < -0.3 is 14.9 Å². The monoisotopic (exact) mass is 289 g/mol. The molecule has 2 rings (SSSR count). The lowest BCUT2D eigenvalue weighted by atomic mass is 9.86. The normalized spacial score (nSPS) is 12.4. The van der Waals surface area contributed by atoms with Crippen LogP contribution in [0.4, 0.5) is 0 Å². The highest BCUT2D eigenvalue weighted by Crippen LogP contribution is 2.33. The minimum absolute atomic E-state index is 0.0354. The Kier molecular flexibility index (Phi) is 4.21. The van der Waals surface area contributed by atoms with Crippen LogP contribution in [0.3, 0.4) is 0 Å². The number of H-pyrrole nitrogens is 1. The van der Waals surface area contributed by atoms with Gasteiger partial charge in [-0.15, -0.1) is 0 Å². The second kappa shape index (κ2) is 5.91. The van der Waals surface area contributed by atoms with E-state index in [2.05, 4.69) is 4.98 Å². The Bertz CT molecular complexity index is 645. The molecule has 1 aromatic heterocycles. The lowest BCUT2D eigenvalue weighted by Gasteiger charge is -2.21. The maximum atomic E-state index is 12.4. The molecular formula is C16H19NO4. The summed E-state index contributed by atoms with van der Waals surface area (Å²) in [6.45, 7) is 5.82. The van der Waals surface area contributed by atoms with Crippen molar-refractivity contribution in [2.75, 3.05) is 0 Å². The molecule has 112 valence electrons. The zero-order valence-corrected chi connectivity index (χ0v) is 12.3. The van der Waals surface area contributed by atoms with E-state index in [1.54, 1.807) is 0 Å². The van der Waals surface area contributed by atoms with Crippen LogP contribution in [0.2, 0.25) is 0 Å². The van der Waals surface area contributed by atoms with E-state index in [0.717, 1.165) is 11.1 Å². The number of benzene rings is 1. The lowest BCUT2D eigenvalue weighted by molar-refractivity contribution is -0.137. The number of esters is 1. The second-order valence-corrected chi connectivity index (χ2v) is 5.37. The zero-order chi connectivity index (χ0) is 15.6. The third kappa shape index (κ3) is 3.18. The molecule has 0 aliphatic carbocycles. The number of rotatable bonds is 4. The molecule has 0 aliphatic heterocycles. The molecule has 0 saturated carbocycles. The fourth-order valence-corrected chi connectivity index (χ4v) is 2.36. The van der Waals surface area contributed by atoms with Gasteiger partial charge in [-0.05, 0) is 24.0 Å². The van der Waals surface area contributed by atoms with Crippen LogP contribution < -0.4 is 4.74 Å². The summed E-state index contributed by atoms with van der Waals surface area (Å²) in [7, 11) is 0. The third-order valence-corrected chi connectivity index (χ3v) is 3.40. The molecule has 0 spiro atoms. The van der Waals surface area contributed by atoms with Gasteiger partial charge in [0.25, 0.3) is 0 Å². The average molecular weight is 289 g/mol. The number of aryl methyl sites for hydroxylation is 1. The minimum Gasteiger partial charge on any atom is -0.494 e. The Morgan fingerprint density at radius 2 is 1.90 bits per heavy atom. The third-order valence-electron chi connectivity index (χ3n) is 3.40. The predicted molar refractivity (Wildman–Crippen MR) is 78.5 cm³/mol. The first-order valence-corrected chi connectivity index (χ1v) is 6.78. The summed E-state index contributed by atoms with van der Waals surface area (Å²) in [5, 5.41) is 18.8. The number of carbonyl (C=O) groups is 1. The number of hydrogen-bond acceptors (Lipinski definition) is 4. The van der Waals surface area contributed by atoms with E-state index in [9.17, 15) is 15.0 Å². The van der Waals surface area contributed by atoms with Gasteiger partial charge in [-0.3, -0.25) is 9.78 Å². The Hall–Kier alpha value is -2.43. The van der Waals surface area contributed by atoms with Crippen molar-refractivity contribution in [1.29, 1.82) is 0 Å². The van der Waals surface area contributed by atoms with Gasteiger partial charge in [-0.25, -0.2) is 0 Å². The summed E-state index contributed by atoms with van der Waals surface area (Å²) in [6.07, 6.45) is 0. The number of aromatic hydroxyl groups is 2. The van der Waals surface area contributed by atoms with Crippen LogP contribution >= 0.6 is 0 Å². The summed E-state index contributed by atoms with van der Waals surface area (Å²) < 4.78 is 5.22. The molecule has 5 nitrogen and oxygen atoms in total. The fourth-order valence-electron chi connectivity index (χ4n) is 2.36. The number of aromatic nitrogens is 1. The second-order valence-electron chi connectivity index (χ2n) is 5.37. The molecule has 0 fully saturated rings. The number of hydrogen-bond donors (Lipinski definition) is 3. The summed E-state index contributed by atoms with van der Waals surface area (Å²) in [4.78, 5) is 14.7. The summed E-state index contributed by atoms with van der Waals surface area (Å²) in [5.74, 6) is -1.57. The number of carbonyl (C=O) groups excluding carboxylic acids is 1. The summed E-state index contributed by atoms with van der Waals surface area (Å²) in [6, 6.07) is 8.80. The first-order chi connectivity index (χ1) is 9.90. The first-order valence-electron chi connectivity index (χ1n) is 6.78. The van der Waals surface area contributed by atoms with E-state index < -0.39 is 11.9 Å². The molecule has 1 heterocycles. The zero-order valence-electron chi connectivity index (χ0n) is 12.3. The Balaban J connectivity index is 2.29. The van der Waals surface area contributed by atoms with Crippen molar-refractivity contribution in [3.05, 3.63) is 41.5 Å². The molecule has 1 unspecified atom stereocenters. The maximum Gasteiger partial charge on any atom is 0.319 e. The van der Waals surface area contributed by atoms with E-state index in [4.69, 9.17) is 4.74 Å². The van der Waals surface area contributed by atoms with Crippen LogP contribution in [0.25, 0.3) is 0 Å². The highest BCUT2D eigenvalue weighted by atomic mass is 16.5. The molecule has 0 radical (unpaired) electrons. The molecule has 21 heavy (non-hydrogen) atoms. The van der Waals surface area contributed by atoms with Gasteiger partial charge in [0.05, 0.1) is 5.92 Å². The van der Waals surface area contributed by atoms with Gasteiger partial charge in [0.15, 0.2) is 11.6 Å². The molecule has 1 aromatic carbocycles. The molecule has 0 aliphatic rings. The Morgan fingerprint density at radius 3 is 2.43 bits per heavy atom. The van der Waals surface area contributed by atoms with Gasteiger partial charge in [0.1, 0.15) is 0 Å². The highest BCUT2D eigenvalue weighted by Gasteiger charge is 2.28. The van der Waals surface area contributed by atoms with Crippen molar-refractivity contribution in [2.24, 2.45) is 5.92 Å². The summed E-state index contributed by atoms with van der Waals surface area (Å²) >= 11 is 0. The highest BCUT2D eigenvalue weighted by molar-refractivity contribution is 5.81. The smallest absolute Gasteiger partial charge is 0.319 e. The van der Waals surface area contributed by atoms with Crippen LogP contribution in [0.1, 0.15) is 30.9 Å². The van der Waals surface area contributed by atoms with Gasteiger partial charge in [-0.1, -0.05) is 38.1 Å². The molecule has 0 bridgehead atoms. The van der Waals surface area contributed by atoms with Crippen molar-refractivity contribution in [1.82, 2.24) is 4.98 Å².